The minimum Gasteiger partial charge on any atom is -0.379 e. The van der Waals surface area contributed by atoms with Crippen molar-refractivity contribution < 1.29 is 4.74 Å². The summed E-state index contributed by atoms with van der Waals surface area (Å²) >= 11 is 0. The lowest BCUT2D eigenvalue weighted by Crippen LogP contribution is -2.16. The molecular formula is C16H30N2O. The molecule has 0 bridgehead atoms. The Morgan fingerprint density at radius 1 is 1.26 bits per heavy atom. The fourth-order valence-electron chi connectivity index (χ4n) is 2.43. The van der Waals surface area contributed by atoms with Crippen LogP contribution in [0.5, 0.6) is 0 Å². The van der Waals surface area contributed by atoms with Crippen LogP contribution in [0.1, 0.15) is 50.6 Å². The smallest absolute Gasteiger partial charge is 0.0518 e. The lowest BCUT2D eigenvalue weighted by molar-refractivity contribution is 0.0760. The number of unbranched alkanes of at least 4 members (excludes halogenated alkanes) is 1. The van der Waals surface area contributed by atoms with Gasteiger partial charge >= 0.3 is 0 Å². The zero-order chi connectivity index (χ0) is 14.3. The van der Waals surface area contributed by atoms with E-state index in [9.17, 15) is 0 Å². The van der Waals surface area contributed by atoms with Gasteiger partial charge in [0.2, 0.25) is 0 Å². The second-order valence-corrected chi connectivity index (χ2v) is 5.44. The van der Waals surface area contributed by atoms with Crippen LogP contribution in [-0.2, 0) is 17.8 Å². The van der Waals surface area contributed by atoms with Crippen LogP contribution in [-0.4, -0.2) is 23.8 Å². The molecule has 1 aromatic rings. The summed E-state index contributed by atoms with van der Waals surface area (Å²) in [5, 5.41) is 3.53. The Balaban J connectivity index is 2.19. The molecule has 0 atom stereocenters. The van der Waals surface area contributed by atoms with Crippen LogP contribution in [0.25, 0.3) is 0 Å². The van der Waals surface area contributed by atoms with Crippen molar-refractivity contribution in [2.45, 2.75) is 66.7 Å². The summed E-state index contributed by atoms with van der Waals surface area (Å²) in [5.74, 6) is 0. The van der Waals surface area contributed by atoms with Crippen molar-refractivity contribution in [1.29, 1.82) is 0 Å². The van der Waals surface area contributed by atoms with Crippen molar-refractivity contribution >= 4 is 0 Å². The van der Waals surface area contributed by atoms with E-state index in [2.05, 4.69) is 50.6 Å². The van der Waals surface area contributed by atoms with E-state index in [4.69, 9.17) is 4.74 Å². The van der Waals surface area contributed by atoms with Crippen LogP contribution in [0, 0.1) is 13.8 Å². The molecule has 0 amide bonds. The molecule has 0 fully saturated rings. The van der Waals surface area contributed by atoms with E-state index in [0.29, 0.717) is 6.10 Å². The van der Waals surface area contributed by atoms with Crippen molar-refractivity contribution in [3.05, 3.63) is 23.0 Å². The molecule has 0 spiro atoms. The fraction of sp³-hybridized carbons (Fsp3) is 0.750. The van der Waals surface area contributed by atoms with Gasteiger partial charge in [-0.05, 0) is 65.6 Å². The highest BCUT2D eigenvalue weighted by Gasteiger charge is 2.06. The number of nitrogens with one attached hydrogen (secondary N) is 1. The molecule has 0 aliphatic carbocycles. The normalized spacial score (nSPS) is 11.5. The number of hydrogen-bond acceptors (Lipinski definition) is 2. The van der Waals surface area contributed by atoms with Crippen molar-refractivity contribution in [1.82, 2.24) is 9.88 Å². The Morgan fingerprint density at radius 2 is 2.00 bits per heavy atom. The summed E-state index contributed by atoms with van der Waals surface area (Å²) in [4.78, 5) is 0. The maximum absolute atomic E-state index is 5.53. The van der Waals surface area contributed by atoms with Gasteiger partial charge in [0.05, 0.1) is 6.10 Å². The first-order valence-electron chi connectivity index (χ1n) is 7.54. The molecule has 3 nitrogen and oxygen atoms in total. The highest BCUT2D eigenvalue weighted by Crippen LogP contribution is 2.14. The summed E-state index contributed by atoms with van der Waals surface area (Å²) < 4.78 is 7.90. The Labute approximate surface area is 118 Å². The van der Waals surface area contributed by atoms with Gasteiger partial charge < -0.3 is 14.6 Å². The maximum Gasteiger partial charge on any atom is 0.0518 e. The third kappa shape index (κ3) is 5.37. The van der Waals surface area contributed by atoms with Gasteiger partial charge in [-0.1, -0.05) is 0 Å². The minimum atomic E-state index is 0.354. The average Bonchev–Trinajstić information content (AvgIpc) is 2.62. The predicted octanol–water partition coefficient (Wildman–Crippen LogP) is 3.42. The van der Waals surface area contributed by atoms with Gasteiger partial charge in [-0.15, -0.1) is 0 Å². The summed E-state index contributed by atoms with van der Waals surface area (Å²) in [5.41, 5.74) is 4.19. The first-order valence-corrected chi connectivity index (χ1v) is 7.54. The third-order valence-corrected chi connectivity index (χ3v) is 3.51. The van der Waals surface area contributed by atoms with E-state index < -0.39 is 0 Å². The molecule has 0 aromatic carbocycles. The van der Waals surface area contributed by atoms with Crippen LogP contribution >= 0.6 is 0 Å². The van der Waals surface area contributed by atoms with Crippen LogP contribution in [0.2, 0.25) is 0 Å². The van der Waals surface area contributed by atoms with E-state index in [0.717, 1.165) is 32.7 Å². The number of hydrogen-bond donors (Lipinski definition) is 1. The molecule has 0 saturated heterocycles. The van der Waals surface area contributed by atoms with Gasteiger partial charge in [0.1, 0.15) is 0 Å². The summed E-state index contributed by atoms with van der Waals surface area (Å²) in [6.07, 6.45) is 2.67. The Morgan fingerprint density at radius 3 is 2.58 bits per heavy atom. The number of nitrogens with zero attached hydrogens (tertiary/aromatic N) is 1. The molecule has 0 aliphatic heterocycles. The predicted molar refractivity (Wildman–Crippen MR) is 81.6 cm³/mol. The van der Waals surface area contributed by atoms with E-state index in [1.165, 1.54) is 23.4 Å². The quantitative estimate of drug-likeness (QED) is 0.693. The Kier molecular flexibility index (Phi) is 7.17. The molecule has 0 saturated carbocycles. The second-order valence-electron chi connectivity index (χ2n) is 5.44. The molecular weight excluding hydrogens is 236 g/mol. The molecule has 1 N–H and O–H groups in total. The lowest BCUT2D eigenvalue weighted by atomic mass is 10.2. The van der Waals surface area contributed by atoms with Crippen molar-refractivity contribution in [2.75, 3.05) is 13.2 Å². The standard InChI is InChI=1S/C16H30N2O/c1-6-18-14(4)11-16(15(18)5)12-17-9-7-8-10-19-13(2)3/h11,13,17H,6-10,12H2,1-5H3. The molecule has 1 aromatic heterocycles. The van der Waals surface area contributed by atoms with Crippen molar-refractivity contribution in [2.24, 2.45) is 0 Å². The topological polar surface area (TPSA) is 26.2 Å². The first-order chi connectivity index (χ1) is 9.06. The van der Waals surface area contributed by atoms with Crippen LogP contribution < -0.4 is 5.32 Å². The number of aromatic nitrogens is 1. The van der Waals surface area contributed by atoms with E-state index in [1.807, 2.05) is 0 Å². The highest BCUT2D eigenvalue weighted by molar-refractivity contribution is 5.26. The van der Waals surface area contributed by atoms with Gasteiger partial charge in [-0.3, -0.25) is 0 Å². The van der Waals surface area contributed by atoms with Gasteiger partial charge in [-0.2, -0.15) is 0 Å². The molecule has 3 heteroatoms. The van der Waals surface area contributed by atoms with E-state index >= 15 is 0 Å². The average molecular weight is 266 g/mol. The fourth-order valence-corrected chi connectivity index (χ4v) is 2.43. The summed E-state index contributed by atoms with van der Waals surface area (Å²) in [6.45, 7) is 14.7. The second kappa shape index (κ2) is 8.39. The molecule has 1 rings (SSSR count). The molecule has 0 radical (unpaired) electrons. The largest absolute Gasteiger partial charge is 0.379 e. The molecule has 110 valence electrons. The molecule has 0 aliphatic rings. The summed E-state index contributed by atoms with van der Waals surface area (Å²) in [6, 6.07) is 2.30. The number of aryl methyl sites for hydroxylation is 1. The van der Waals surface area contributed by atoms with Gasteiger partial charge in [-0.25, -0.2) is 0 Å². The molecule has 1 heterocycles. The maximum atomic E-state index is 5.53. The first kappa shape index (κ1) is 16.3. The number of rotatable bonds is 9. The van der Waals surface area contributed by atoms with Crippen LogP contribution in [0.4, 0.5) is 0 Å². The van der Waals surface area contributed by atoms with Crippen molar-refractivity contribution in [3.8, 4) is 0 Å². The van der Waals surface area contributed by atoms with E-state index in [-0.39, 0.29) is 0 Å². The lowest BCUT2D eigenvalue weighted by Gasteiger charge is -2.08. The Hall–Kier alpha value is -0.800. The van der Waals surface area contributed by atoms with Gasteiger partial charge in [0.15, 0.2) is 0 Å². The zero-order valence-electron chi connectivity index (χ0n) is 13.3. The van der Waals surface area contributed by atoms with Crippen molar-refractivity contribution in [3.63, 3.8) is 0 Å². The van der Waals surface area contributed by atoms with Crippen LogP contribution in [0.3, 0.4) is 0 Å². The van der Waals surface area contributed by atoms with Crippen LogP contribution in [0.15, 0.2) is 6.07 Å². The Bertz CT molecular complexity index is 369. The SMILES string of the molecule is CCn1c(C)cc(CNCCCCOC(C)C)c1C. The highest BCUT2D eigenvalue weighted by atomic mass is 16.5. The molecule has 19 heavy (non-hydrogen) atoms. The molecule has 0 unspecified atom stereocenters. The number of ether oxygens (including phenoxy) is 1. The van der Waals surface area contributed by atoms with E-state index in [1.54, 1.807) is 0 Å². The van der Waals surface area contributed by atoms with Gasteiger partial charge in [0.25, 0.3) is 0 Å². The van der Waals surface area contributed by atoms with Gasteiger partial charge in [0, 0.05) is 31.1 Å². The monoisotopic (exact) mass is 266 g/mol. The summed E-state index contributed by atoms with van der Waals surface area (Å²) in [7, 11) is 0. The third-order valence-electron chi connectivity index (χ3n) is 3.51. The minimum absolute atomic E-state index is 0.354. The zero-order valence-corrected chi connectivity index (χ0v) is 13.3.